The summed E-state index contributed by atoms with van der Waals surface area (Å²) in [6, 6.07) is 17.8. The van der Waals surface area contributed by atoms with Crippen LogP contribution in [-0.4, -0.2) is 46.1 Å². The van der Waals surface area contributed by atoms with E-state index in [1.165, 1.54) is 0 Å². The number of nitrogens with one attached hydrogen (secondary N) is 1. The Labute approximate surface area is 188 Å². The van der Waals surface area contributed by atoms with Crippen molar-refractivity contribution in [3.63, 3.8) is 0 Å². The maximum Gasteiger partial charge on any atom is 0.303 e. The van der Waals surface area contributed by atoms with Crippen molar-refractivity contribution in [2.24, 2.45) is 0 Å². The Morgan fingerprint density at radius 3 is 2.25 bits per heavy atom. The predicted molar refractivity (Wildman–Crippen MR) is 124 cm³/mol. The molecule has 162 valence electrons. The van der Waals surface area contributed by atoms with E-state index >= 15 is 0 Å². The van der Waals surface area contributed by atoms with Crippen LogP contribution in [0.5, 0.6) is 0 Å². The first-order chi connectivity index (χ1) is 15.4. The molecule has 0 aromatic heterocycles. The van der Waals surface area contributed by atoms with Gasteiger partial charge in [0.25, 0.3) is 11.1 Å². The smallest absolute Gasteiger partial charge is 0.303 e. The molecule has 32 heavy (non-hydrogen) atoms. The van der Waals surface area contributed by atoms with Crippen LogP contribution in [0.2, 0.25) is 0 Å². The quantitative estimate of drug-likeness (QED) is 0.322. The second-order valence-electron chi connectivity index (χ2n) is 7.35. The third-order valence-electron chi connectivity index (χ3n) is 5.15. The van der Waals surface area contributed by atoms with Crippen molar-refractivity contribution in [1.82, 2.24) is 10.2 Å². The van der Waals surface area contributed by atoms with E-state index in [0.29, 0.717) is 0 Å². The minimum atomic E-state index is -0.948. The summed E-state index contributed by atoms with van der Waals surface area (Å²) in [5, 5.41) is 14.7. The van der Waals surface area contributed by atoms with E-state index in [9.17, 15) is 19.2 Å². The van der Waals surface area contributed by atoms with Crippen molar-refractivity contribution in [2.75, 3.05) is 13.1 Å². The first-order valence-corrected chi connectivity index (χ1v) is 10.9. The number of hydrogen-bond acceptors (Lipinski definition) is 5. The number of thioether (sulfide) groups is 1. The standard InChI is InChI=1S/C24H20N2O5S/c27-21(25-11-5-10-22(28)29)14-26-23(30)20(32-24(26)31)13-19-17-8-3-1-6-15(17)12-16-7-2-4-9-18(16)19/h1-4,6-9,12-13H,5,10-11,14H2,(H,25,27)(H,28,29)/b20-13-. The van der Waals surface area contributed by atoms with Gasteiger partial charge in [-0.2, -0.15) is 0 Å². The van der Waals surface area contributed by atoms with Crippen molar-refractivity contribution < 1.29 is 24.3 Å². The lowest BCUT2D eigenvalue weighted by Crippen LogP contribution is -2.39. The molecule has 1 aliphatic rings. The monoisotopic (exact) mass is 448 g/mol. The fourth-order valence-corrected chi connectivity index (χ4v) is 4.46. The molecule has 0 spiro atoms. The first-order valence-electron chi connectivity index (χ1n) is 10.1. The number of carboxylic acids is 1. The van der Waals surface area contributed by atoms with Crippen LogP contribution in [0.3, 0.4) is 0 Å². The van der Waals surface area contributed by atoms with Gasteiger partial charge in [0, 0.05) is 13.0 Å². The lowest BCUT2D eigenvalue weighted by molar-refractivity contribution is -0.137. The number of carbonyl (C=O) groups excluding carboxylic acids is 3. The molecule has 1 heterocycles. The lowest BCUT2D eigenvalue weighted by atomic mass is 9.96. The molecular weight excluding hydrogens is 428 g/mol. The van der Waals surface area contributed by atoms with E-state index in [2.05, 4.69) is 11.4 Å². The Balaban J connectivity index is 1.59. The number of rotatable bonds is 7. The predicted octanol–water partition coefficient (Wildman–Crippen LogP) is 4.01. The molecule has 0 aliphatic carbocycles. The molecule has 3 aromatic carbocycles. The fourth-order valence-electron chi connectivity index (χ4n) is 3.64. The van der Waals surface area contributed by atoms with Gasteiger partial charge in [-0.05, 0) is 57.4 Å². The molecule has 3 amide bonds. The zero-order valence-corrected chi connectivity index (χ0v) is 17.9. The summed E-state index contributed by atoms with van der Waals surface area (Å²) in [5.41, 5.74) is 0.849. The third-order valence-corrected chi connectivity index (χ3v) is 6.06. The number of nitrogens with zero attached hydrogens (tertiary/aromatic N) is 1. The van der Waals surface area contributed by atoms with Gasteiger partial charge >= 0.3 is 5.97 Å². The van der Waals surface area contributed by atoms with Crippen LogP contribution in [0.15, 0.2) is 59.5 Å². The summed E-state index contributed by atoms with van der Waals surface area (Å²) >= 11 is 0.809. The van der Waals surface area contributed by atoms with E-state index < -0.39 is 29.6 Å². The van der Waals surface area contributed by atoms with Gasteiger partial charge in [-0.25, -0.2) is 0 Å². The molecule has 4 rings (SSSR count). The summed E-state index contributed by atoms with van der Waals surface area (Å²) in [7, 11) is 0. The van der Waals surface area contributed by atoms with Gasteiger partial charge in [-0.1, -0.05) is 48.5 Å². The summed E-state index contributed by atoms with van der Waals surface area (Å²) in [6.45, 7) is -0.232. The van der Waals surface area contributed by atoms with Crippen LogP contribution in [0.1, 0.15) is 18.4 Å². The number of benzene rings is 3. The van der Waals surface area contributed by atoms with Crippen molar-refractivity contribution in [2.45, 2.75) is 12.8 Å². The van der Waals surface area contributed by atoms with Crippen molar-refractivity contribution in [3.8, 4) is 0 Å². The molecule has 1 saturated heterocycles. The molecule has 2 N–H and O–H groups in total. The van der Waals surface area contributed by atoms with Crippen LogP contribution in [-0.2, 0) is 14.4 Å². The van der Waals surface area contributed by atoms with Gasteiger partial charge in [0.15, 0.2) is 0 Å². The average Bonchev–Trinajstić information content (AvgIpc) is 3.03. The largest absolute Gasteiger partial charge is 0.481 e. The molecular formula is C24H20N2O5S. The van der Waals surface area contributed by atoms with Gasteiger partial charge in [-0.3, -0.25) is 24.1 Å². The van der Waals surface area contributed by atoms with Crippen LogP contribution >= 0.6 is 11.8 Å². The van der Waals surface area contributed by atoms with Crippen molar-refractivity contribution in [1.29, 1.82) is 0 Å². The Kier molecular flexibility index (Phi) is 6.23. The van der Waals surface area contributed by atoms with Gasteiger partial charge in [0.05, 0.1) is 4.91 Å². The van der Waals surface area contributed by atoms with Crippen LogP contribution in [0, 0.1) is 0 Å². The SMILES string of the molecule is O=C(O)CCCNC(=O)CN1C(=O)S/C(=C\c2c3ccccc3cc3ccccc23)C1=O. The first kappa shape index (κ1) is 21.6. The van der Waals surface area contributed by atoms with Crippen molar-refractivity contribution >= 4 is 62.4 Å². The molecule has 0 atom stereocenters. The van der Waals surface area contributed by atoms with Gasteiger partial charge in [0.1, 0.15) is 6.54 Å². The van der Waals surface area contributed by atoms with E-state index in [0.717, 1.165) is 43.8 Å². The summed E-state index contributed by atoms with van der Waals surface area (Å²) in [5.74, 6) is -1.97. The Morgan fingerprint density at radius 2 is 1.62 bits per heavy atom. The number of hydrogen-bond donors (Lipinski definition) is 2. The molecule has 1 aliphatic heterocycles. The zero-order chi connectivity index (χ0) is 22.7. The van der Waals surface area contributed by atoms with Crippen LogP contribution in [0.4, 0.5) is 4.79 Å². The summed E-state index contributed by atoms with van der Waals surface area (Å²) in [6.07, 6.45) is 1.93. The highest BCUT2D eigenvalue weighted by Crippen LogP contribution is 2.36. The fraction of sp³-hybridized carbons (Fsp3) is 0.167. The second-order valence-corrected chi connectivity index (χ2v) is 8.34. The summed E-state index contributed by atoms with van der Waals surface area (Å²) < 4.78 is 0. The molecule has 8 heteroatoms. The number of amides is 3. The molecule has 0 unspecified atom stereocenters. The number of carbonyl (C=O) groups is 4. The van der Waals surface area contributed by atoms with Crippen LogP contribution in [0.25, 0.3) is 27.6 Å². The van der Waals surface area contributed by atoms with Crippen LogP contribution < -0.4 is 5.32 Å². The van der Waals surface area contributed by atoms with E-state index in [1.54, 1.807) is 6.08 Å². The highest BCUT2D eigenvalue weighted by atomic mass is 32.2. The molecule has 1 fully saturated rings. The molecule has 7 nitrogen and oxygen atoms in total. The highest BCUT2D eigenvalue weighted by Gasteiger charge is 2.36. The average molecular weight is 449 g/mol. The molecule has 0 saturated carbocycles. The zero-order valence-electron chi connectivity index (χ0n) is 17.0. The third kappa shape index (κ3) is 4.50. The second kappa shape index (κ2) is 9.23. The van der Waals surface area contributed by atoms with Crippen molar-refractivity contribution in [3.05, 3.63) is 65.1 Å². The van der Waals surface area contributed by atoms with E-state index in [1.807, 2.05) is 48.5 Å². The molecule has 0 bridgehead atoms. The Hall–Kier alpha value is -3.65. The van der Waals surface area contributed by atoms with Gasteiger partial charge < -0.3 is 10.4 Å². The highest BCUT2D eigenvalue weighted by molar-refractivity contribution is 8.18. The Morgan fingerprint density at radius 1 is 1.00 bits per heavy atom. The van der Waals surface area contributed by atoms with Gasteiger partial charge in [0.2, 0.25) is 5.91 Å². The number of fused-ring (bicyclic) bond motifs is 2. The number of carboxylic acid groups (broad SMARTS) is 1. The molecule has 0 radical (unpaired) electrons. The van der Waals surface area contributed by atoms with E-state index in [-0.39, 0.29) is 24.3 Å². The Bertz CT molecular complexity index is 1230. The topological polar surface area (TPSA) is 104 Å². The minimum absolute atomic E-state index is 0.0659. The number of aliphatic carboxylic acids is 1. The van der Waals surface area contributed by atoms with Gasteiger partial charge in [-0.15, -0.1) is 0 Å². The minimum Gasteiger partial charge on any atom is -0.481 e. The summed E-state index contributed by atoms with van der Waals surface area (Å²) in [4.78, 5) is 49.2. The maximum absolute atomic E-state index is 12.9. The maximum atomic E-state index is 12.9. The number of imide groups is 1. The molecule has 3 aromatic rings. The normalized spacial score (nSPS) is 15.1. The lowest BCUT2D eigenvalue weighted by Gasteiger charge is -2.12. The van der Waals surface area contributed by atoms with E-state index in [4.69, 9.17) is 5.11 Å².